The van der Waals surface area contributed by atoms with Crippen molar-refractivity contribution < 1.29 is 32.9 Å². The zero-order valence-corrected chi connectivity index (χ0v) is 23.6. The van der Waals surface area contributed by atoms with E-state index in [1.165, 1.54) is 27.4 Å². The lowest BCUT2D eigenvalue weighted by molar-refractivity contribution is 0.0601. The molecule has 0 aliphatic carbocycles. The molecule has 0 radical (unpaired) electrons. The van der Waals surface area contributed by atoms with Gasteiger partial charge >= 0.3 is 12.1 Å². The first kappa shape index (κ1) is 32.6. The van der Waals surface area contributed by atoms with Crippen molar-refractivity contribution in [1.29, 1.82) is 0 Å². The molecule has 0 heterocycles. The molecule has 0 unspecified atom stereocenters. The lowest BCUT2D eigenvalue weighted by Crippen LogP contribution is -2.22. The Hall–Kier alpha value is -3.61. The number of unbranched alkanes of at least 4 members (excludes halogenated alkanes) is 1. The maximum absolute atomic E-state index is 14.7. The van der Waals surface area contributed by atoms with Crippen LogP contribution < -0.4 is 36.5 Å². The van der Waals surface area contributed by atoms with Crippen molar-refractivity contribution in [1.82, 2.24) is 10.6 Å². The van der Waals surface area contributed by atoms with E-state index in [1.54, 1.807) is 18.2 Å². The average molecular weight is 564 g/mol. The summed E-state index contributed by atoms with van der Waals surface area (Å²) in [7, 11) is 4.21. The summed E-state index contributed by atoms with van der Waals surface area (Å²) in [5.41, 5.74) is 6.14. The maximum atomic E-state index is 14.7. The Morgan fingerprint density at radius 2 is 1.55 bits per heavy atom. The molecule has 40 heavy (non-hydrogen) atoms. The monoisotopic (exact) mass is 563 g/mol. The third-order valence-corrected chi connectivity index (χ3v) is 5.96. The van der Waals surface area contributed by atoms with E-state index in [4.69, 9.17) is 24.7 Å². The Bertz CT molecular complexity index is 1070. The molecule has 0 bridgehead atoms. The smallest absolute Gasteiger partial charge is 0.411 e. The van der Waals surface area contributed by atoms with E-state index < -0.39 is 17.9 Å². The molecule has 6 N–H and O–H groups in total. The van der Waals surface area contributed by atoms with Gasteiger partial charge in [0.1, 0.15) is 23.9 Å². The molecule has 0 aliphatic rings. The molecular formula is C28H42FN5O6. The molecule has 0 fully saturated rings. The molecular weight excluding hydrogens is 521 g/mol. The van der Waals surface area contributed by atoms with Gasteiger partial charge in [0.15, 0.2) is 0 Å². The minimum atomic E-state index is -0.834. The second kappa shape index (κ2) is 18.6. The van der Waals surface area contributed by atoms with E-state index in [2.05, 4.69) is 21.3 Å². The fourth-order valence-electron chi connectivity index (χ4n) is 3.76. The summed E-state index contributed by atoms with van der Waals surface area (Å²) in [6.45, 7) is 4.68. The molecule has 0 aliphatic heterocycles. The molecule has 0 atom stereocenters. The maximum Gasteiger partial charge on any atom is 0.411 e. The minimum absolute atomic E-state index is 0.0562. The van der Waals surface area contributed by atoms with Crippen LogP contribution >= 0.6 is 0 Å². The van der Waals surface area contributed by atoms with E-state index in [1.807, 2.05) is 0 Å². The van der Waals surface area contributed by atoms with E-state index in [9.17, 15) is 14.0 Å². The van der Waals surface area contributed by atoms with Crippen molar-refractivity contribution in [3.05, 3.63) is 47.3 Å². The number of carbonyl (C=O) groups is 2. The number of carbonyl (C=O) groups excluding carboxylic acids is 2. The number of methoxy groups -OCH3 is 3. The van der Waals surface area contributed by atoms with Crippen LogP contribution in [0, 0.1) is 5.82 Å². The van der Waals surface area contributed by atoms with Gasteiger partial charge in [-0.25, -0.2) is 14.0 Å². The number of nitrogens with two attached hydrogens (primary N) is 1. The van der Waals surface area contributed by atoms with E-state index in [0.29, 0.717) is 30.2 Å². The normalized spacial score (nSPS) is 10.6. The number of amides is 1. The predicted molar refractivity (Wildman–Crippen MR) is 153 cm³/mol. The highest BCUT2D eigenvalue weighted by Gasteiger charge is 2.19. The molecule has 222 valence electrons. The second-order valence-corrected chi connectivity index (χ2v) is 8.88. The summed E-state index contributed by atoms with van der Waals surface area (Å²) in [6, 6.07) is 7.47. The highest BCUT2D eigenvalue weighted by atomic mass is 19.1. The lowest BCUT2D eigenvalue weighted by Gasteiger charge is -2.15. The van der Waals surface area contributed by atoms with E-state index in [-0.39, 0.29) is 23.5 Å². The zero-order valence-electron chi connectivity index (χ0n) is 23.6. The van der Waals surface area contributed by atoms with Crippen LogP contribution in [0.5, 0.6) is 11.5 Å². The number of rotatable bonds is 19. The first-order valence-electron chi connectivity index (χ1n) is 13.3. The number of benzene rings is 2. The fourth-order valence-corrected chi connectivity index (χ4v) is 3.76. The molecule has 1 amide bonds. The van der Waals surface area contributed by atoms with Crippen molar-refractivity contribution in [3.8, 4) is 11.5 Å². The molecule has 0 spiro atoms. The summed E-state index contributed by atoms with van der Waals surface area (Å²) in [5, 5.41) is 12.2. The third kappa shape index (κ3) is 11.2. The van der Waals surface area contributed by atoms with Crippen LogP contribution in [0.2, 0.25) is 0 Å². The summed E-state index contributed by atoms with van der Waals surface area (Å²) in [5.74, 6) is -0.355. The van der Waals surface area contributed by atoms with Gasteiger partial charge in [-0.05, 0) is 82.7 Å². The molecule has 0 saturated heterocycles. The third-order valence-electron chi connectivity index (χ3n) is 5.96. The molecule has 2 aromatic rings. The number of hydrogen-bond acceptors (Lipinski definition) is 10. The van der Waals surface area contributed by atoms with Gasteiger partial charge in [0.2, 0.25) is 0 Å². The molecule has 0 saturated carbocycles. The number of hydrogen-bond donors (Lipinski definition) is 5. The first-order chi connectivity index (χ1) is 19.4. The van der Waals surface area contributed by atoms with Gasteiger partial charge in [-0.3, -0.25) is 5.32 Å². The Kier molecular flexibility index (Phi) is 15.2. The average Bonchev–Trinajstić information content (AvgIpc) is 2.97. The predicted octanol–water partition coefficient (Wildman–Crippen LogP) is 3.49. The summed E-state index contributed by atoms with van der Waals surface area (Å²) in [6.07, 6.45) is 3.04. The molecule has 2 rings (SSSR count). The van der Waals surface area contributed by atoms with Crippen LogP contribution in [0.25, 0.3) is 0 Å². The van der Waals surface area contributed by atoms with Gasteiger partial charge in [0, 0.05) is 18.2 Å². The van der Waals surface area contributed by atoms with Crippen molar-refractivity contribution in [2.24, 2.45) is 5.73 Å². The highest BCUT2D eigenvalue weighted by molar-refractivity contribution is 6.00. The molecule has 11 nitrogen and oxygen atoms in total. The van der Waals surface area contributed by atoms with Gasteiger partial charge < -0.3 is 40.6 Å². The Morgan fingerprint density at radius 1 is 0.850 bits per heavy atom. The number of nitrogens with one attached hydrogen (secondary N) is 4. The van der Waals surface area contributed by atoms with Crippen molar-refractivity contribution in [2.45, 2.75) is 32.3 Å². The lowest BCUT2D eigenvalue weighted by atomic mass is 10.1. The fraction of sp³-hybridized carbons (Fsp3) is 0.500. The van der Waals surface area contributed by atoms with Crippen LogP contribution in [0.1, 0.15) is 41.6 Å². The van der Waals surface area contributed by atoms with Crippen LogP contribution in [-0.2, 0) is 16.1 Å². The minimum Gasteiger partial charge on any atom is -0.497 e. The SMILES string of the molecule is COC(=O)c1cc(F)c(NCCCNCCCCNCCCN)cc1NC(=O)OCc1ccc(OC)cc1OC. The largest absolute Gasteiger partial charge is 0.497 e. The molecule has 12 heteroatoms. The topological polar surface area (TPSA) is 145 Å². The zero-order chi connectivity index (χ0) is 29.2. The van der Waals surface area contributed by atoms with Crippen LogP contribution in [0.15, 0.2) is 30.3 Å². The second-order valence-electron chi connectivity index (χ2n) is 8.88. The van der Waals surface area contributed by atoms with Crippen molar-refractivity contribution in [3.63, 3.8) is 0 Å². The molecule has 2 aromatic carbocycles. The van der Waals surface area contributed by atoms with Gasteiger partial charge in [-0.2, -0.15) is 0 Å². The standard InChI is InChI=1S/C28H42FN5O6/c1-37-21-9-8-20(26(16-21)38-2)19-40-28(36)34-24-18-25(23(29)17-22(24)27(35)39-3)33-15-7-14-32-12-5-4-11-31-13-6-10-30/h8-9,16-18,31-33H,4-7,10-15,19,30H2,1-3H3,(H,34,36). The first-order valence-corrected chi connectivity index (χ1v) is 13.3. The Balaban J connectivity index is 1.88. The van der Waals surface area contributed by atoms with Crippen LogP contribution in [0.3, 0.4) is 0 Å². The summed E-state index contributed by atoms with van der Waals surface area (Å²) < 4.78 is 35.3. The number of esters is 1. The Labute approximate surface area is 235 Å². The van der Waals surface area contributed by atoms with Gasteiger partial charge in [0.05, 0.1) is 38.3 Å². The van der Waals surface area contributed by atoms with Gasteiger partial charge in [0.25, 0.3) is 0 Å². The highest BCUT2D eigenvalue weighted by Crippen LogP contribution is 2.27. The number of ether oxygens (including phenoxy) is 4. The van der Waals surface area contributed by atoms with Crippen LogP contribution in [-0.4, -0.2) is 72.7 Å². The van der Waals surface area contributed by atoms with Crippen LogP contribution in [0.4, 0.5) is 20.6 Å². The number of halogens is 1. The van der Waals surface area contributed by atoms with Gasteiger partial charge in [-0.1, -0.05) is 0 Å². The quantitative estimate of drug-likeness (QED) is 0.127. The van der Waals surface area contributed by atoms with Crippen molar-refractivity contribution in [2.75, 3.05) is 71.2 Å². The molecule has 0 aromatic heterocycles. The van der Waals surface area contributed by atoms with Gasteiger partial charge in [-0.15, -0.1) is 0 Å². The summed E-state index contributed by atoms with van der Waals surface area (Å²) >= 11 is 0. The van der Waals surface area contributed by atoms with E-state index >= 15 is 0 Å². The number of anilines is 2. The van der Waals surface area contributed by atoms with E-state index in [0.717, 1.165) is 57.9 Å². The van der Waals surface area contributed by atoms with Crippen molar-refractivity contribution >= 4 is 23.4 Å². The Morgan fingerprint density at radius 3 is 2.20 bits per heavy atom. The summed E-state index contributed by atoms with van der Waals surface area (Å²) in [4.78, 5) is 24.8.